The Morgan fingerprint density at radius 2 is 2.29 bits per heavy atom. The predicted molar refractivity (Wildman–Crippen MR) is 60.8 cm³/mol. The smallest absolute Gasteiger partial charge is 0.133 e. The lowest BCUT2D eigenvalue weighted by atomic mass is 9.96. The van der Waals surface area contributed by atoms with E-state index in [9.17, 15) is 5.11 Å². The molecule has 1 aliphatic rings. The molecule has 1 atom stereocenters. The van der Waals surface area contributed by atoms with Crippen LogP contribution in [0, 0.1) is 6.92 Å². The second-order valence-corrected chi connectivity index (χ2v) is 4.62. The maximum Gasteiger partial charge on any atom is 0.133 e. The quantitative estimate of drug-likeness (QED) is 0.809. The topological polar surface area (TPSA) is 32.3 Å². The zero-order valence-electron chi connectivity index (χ0n) is 8.18. The lowest BCUT2D eigenvalue weighted by Gasteiger charge is -2.13. The van der Waals surface area contributed by atoms with E-state index in [1.165, 1.54) is 0 Å². The molecule has 1 heterocycles. The van der Waals surface area contributed by atoms with Crippen molar-refractivity contribution in [2.75, 3.05) is 13.1 Å². The molecule has 2 rings (SSSR count). The van der Waals surface area contributed by atoms with Gasteiger partial charge in [0.05, 0.1) is 4.47 Å². The molecule has 0 aromatic heterocycles. The molecule has 1 unspecified atom stereocenters. The Morgan fingerprint density at radius 1 is 1.50 bits per heavy atom. The summed E-state index contributed by atoms with van der Waals surface area (Å²) < 4.78 is 0.835. The van der Waals surface area contributed by atoms with Crippen LogP contribution in [0.5, 0.6) is 5.75 Å². The van der Waals surface area contributed by atoms with Gasteiger partial charge < -0.3 is 10.4 Å². The van der Waals surface area contributed by atoms with Gasteiger partial charge in [-0.3, -0.25) is 0 Å². The number of benzene rings is 1. The molecule has 76 valence electrons. The minimum atomic E-state index is 0.415. The Labute approximate surface area is 92.5 Å². The number of aryl methyl sites for hydroxylation is 1. The van der Waals surface area contributed by atoms with Crippen LogP contribution < -0.4 is 5.32 Å². The monoisotopic (exact) mass is 255 g/mol. The van der Waals surface area contributed by atoms with Gasteiger partial charge in [0.25, 0.3) is 0 Å². The normalized spacial score (nSPS) is 21.4. The number of hydrogen-bond donors (Lipinski definition) is 2. The summed E-state index contributed by atoms with van der Waals surface area (Å²) in [6, 6.07) is 4.09. The minimum absolute atomic E-state index is 0.415. The lowest BCUT2D eigenvalue weighted by molar-refractivity contribution is 0.458. The maximum atomic E-state index is 9.96. The van der Waals surface area contributed by atoms with Crippen LogP contribution in [-0.2, 0) is 0 Å². The summed E-state index contributed by atoms with van der Waals surface area (Å²) in [5.74, 6) is 0.880. The average molecular weight is 256 g/mol. The van der Waals surface area contributed by atoms with Crippen LogP contribution in [0.15, 0.2) is 16.6 Å². The highest BCUT2D eigenvalue weighted by atomic mass is 79.9. The molecule has 1 fully saturated rings. The fourth-order valence-electron chi connectivity index (χ4n) is 1.93. The molecule has 0 bridgehead atoms. The number of halogens is 1. The van der Waals surface area contributed by atoms with Crippen molar-refractivity contribution in [3.8, 4) is 5.75 Å². The summed E-state index contributed by atoms with van der Waals surface area (Å²) in [5.41, 5.74) is 2.14. The van der Waals surface area contributed by atoms with E-state index in [4.69, 9.17) is 0 Å². The Bertz CT molecular complexity index is 345. The average Bonchev–Trinajstić information content (AvgIpc) is 2.67. The van der Waals surface area contributed by atoms with Crippen molar-refractivity contribution in [1.82, 2.24) is 5.32 Å². The van der Waals surface area contributed by atoms with Gasteiger partial charge in [0.15, 0.2) is 0 Å². The van der Waals surface area contributed by atoms with E-state index >= 15 is 0 Å². The molecule has 2 N–H and O–H groups in total. The highest BCUT2D eigenvalue weighted by molar-refractivity contribution is 9.10. The molecule has 0 spiro atoms. The molecule has 0 amide bonds. The molecule has 1 aliphatic heterocycles. The van der Waals surface area contributed by atoms with Gasteiger partial charge in [-0.05, 0) is 46.9 Å². The molecular weight excluding hydrogens is 242 g/mol. The van der Waals surface area contributed by atoms with Gasteiger partial charge in [-0.1, -0.05) is 12.1 Å². The highest BCUT2D eigenvalue weighted by Crippen LogP contribution is 2.37. The van der Waals surface area contributed by atoms with Gasteiger partial charge in [0.2, 0.25) is 0 Å². The molecule has 1 aromatic rings. The van der Waals surface area contributed by atoms with Crippen molar-refractivity contribution in [2.24, 2.45) is 0 Å². The van der Waals surface area contributed by atoms with E-state index in [1.807, 2.05) is 13.0 Å². The standard InChI is InChI=1S/C11H14BrNO/c1-7-2-3-9(11(14)10(7)12)8-4-5-13-6-8/h2-3,8,13-14H,4-6H2,1H3. The van der Waals surface area contributed by atoms with Crippen molar-refractivity contribution in [3.63, 3.8) is 0 Å². The molecular formula is C11H14BrNO. The fraction of sp³-hybridized carbons (Fsp3) is 0.455. The van der Waals surface area contributed by atoms with Gasteiger partial charge in [-0.25, -0.2) is 0 Å². The van der Waals surface area contributed by atoms with Crippen LogP contribution in [0.2, 0.25) is 0 Å². The highest BCUT2D eigenvalue weighted by Gasteiger charge is 2.21. The van der Waals surface area contributed by atoms with Crippen molar-refractivity contribution < 1.29 is 5.11 Å². The summed E-state index contributed by atoms with van der Waals surface area (Å²) in [6.07, 6.45) is 1.11. The SMILES string of the molecule is Cc1ccc(C2CCNC2)c(O)c1Br. The van der Waals surface area contributed by atoms with Crippen LogP contribution in [0.4, 0.5) is 0 Å². The Kier molecular flexibility index (Phi) is 2.79. The third-order valence-electron chi connectivity index (χ3n) is 2.84. The van der Waals surface area contributed by atoms with Crippen molar-refractivity contribution in [1.29, 1.82) is 0 Å². The first-order valence-corrected chi connectivity index (χ1v) is 5.68. The van der Waals surface area contributed by atoms with Crippen LogP contribution in [-0.4, -0.2) is 18.2 Å². The van der Waals surface area contributed by atoms with E-state index in [-0.39, 0.29) is 0 Å². The number of rotatable bonds is 1. The van der Waals surface area contributed by atoms with Gasteiger partial charge in [-0.2, -0.15) is 0 Å². The predicted octanol–water partition coefficient (Wildman–Crippen LogP) is 2.54. The van der Waals surface area contributed by atoms with Gasteiger partial charge >= 0.3 is 0 Å². The molecule has 1 aromatic carbocycles. The molecule has 0 radical (unpaired) electrons. The van der Waals surface area contributed by atoms with Gasteiger partial charge in [0, 0.05) is 12.5 Å². The van der Waals surface area contributed by atoms with Crippen LogP contribution in [0.1, 0.15) is 23.5 Å². The summed E-state index contributed by atoms with van der Waals surface area (Å²) >= 11 is 3.41. The Hall–Kier alpha value is -0.540. The van der Waals surface area contributed by atoms with Crippen molar-refractivity contribution >= 4 is 15.9 Å². The second-order valence-electron chi connectivity index (χ2n) is 3.82. The second kappa shape index (κ2) is 3.91. The third kappa shape index (κ3) is 1.66. The number of nitrogens with one attached hydrogen (secondary N) is 1. The zero-order chi connectivity index (χ0) is 10.1. The lowest BCUT2D eigenvalue weighted by Crippen LogP contribution is -2.08. The van der Waals surface area contributed by atoms with Crippen molar-refractivity contribution in [2.45, 2.75) is 19.3 Å². The van der Waals surface area contributed by atoms with E-state index in [0.29, 0.717) is 11.7 Å². The molecule has 14 heavy (non-hydrogen) atoms. The van der Waals surface area contributed by atoms with Crippen LogP contribution >= 0.6 is 15.9 Å². The van der Waals surface area contributed by atoms with E-state index < -0.39 is 0 Å². The van der Waals surface area contributed by atoms with Gasteiger partial charge in [-0.15, -0.1) is 0 Å². The van der Waals surface area contributed by atoms with Crippen LogP contribution in [0.25, 0.3) is 0 Å². The Morgan fingerprint density at radius 3 is 2.93 bits per heavy atom. The maximum absolute atomic E-state index is 9.96. The first-order chi connectivity index (χ1) is 6.70. The van der Waals surface area contributed by atoms with Crippen LogP contribution in [0.3, 0.4) is 0 Å². The molecule has 0 saturated carbocycles. The van der Waals surface area contributed by atoms with Gasteiger partial charge in [0.1, 0.15) is 5.75 Å². The Balaban J connectivity index is 2.38. The number of hydrogen-bond acceptors (Lipinski definition) is 2. The van der Waals surface area contributed by atoms with E-state index in [0.717, 1.165) is 35.1 Å². The fourth-order valence-corrected chi connectivity index (χ4v) is 2.29. The molecule has 1 saturated heterocycles. The number of phenols is 1. The summed E-state index contributed by atoms with van der Waals surface area (Å²) in [7, 11) is 0. The molecule has 0 aliphatic carbocycles. The first kappa shape index (κ1) is 9.99. The van der Waals surface area contributed by atoms with E-state index in [2.05, 4.69) is 27.3 Å². The number of aromatic hydroxyl groups is 1. The number of phenolic OH excluding ortho intramolecular Hbond substituents is 1. The third-order valence-corrected chi connectivity index (χ3v) is 3.84. The molecule has 3 heteroatoms. The largest absolute Gasteiger partial charge is 0.506 e. The summed E-state index contributed by atoms with van der Waals surface area (Å²) in [4.78, 5) is 0. The zero-order valence-corrected chi connectivity index (χ0v) is 9.76. The minimum Gasteiger partial charge on any atom is -0.506 e. The van der Waals surface area contributed by atoms with E-state index in [1.54, 1.807) is 0 Å². The summed E-state index contributed by atoms with van der Waals surface area (Å²) in [5, 5.41) is 13.3. The van der Waals surface area contributed by atoms with Crippen molar-refractivity contribution in [3.05, 3.63) is 27.7 Å². The summed E-state index contributed by atoms with van der Waals surface area (Å²) in [6.45, 7) is 4.01. The molecule has 2 nitrogen and oxygen atoms in total. The first-order valence-electron chi connectivity index (χ1n) is 4.89.